The number of thiophene rings is 2. The van der Waals surface area contributed by atoms with E-state index < -0.39 is 21.8 Å². The van der Waals surface area contributed by atoms with Crippen LogP contribution in [-0.2, 0) is 32.6 Å². The van der Waals surface area contributed by atoms with Crippen molar-refractivity contribution in [3.63, 3.8) is 0 Å². The van der Waals surface area contributed by atoms with Gasteiger partial charge in [-0.3, -0.25) is 13.9 Å². The summed E-state index contributed by atoms with van der Waals surface area (Å²) in [7, 11) is -3.67. The fourth-order valence-electron chi connectivity index (χ4n) is 3.23. The third-order valence-corrected chi connectivity index (χ3v) is 8.62. The number of fused-ring (bicyclic) bond motifs is 1. The fraction of sp³-hybridized carbons (Fsp3) is 0.200. The molecule has 0 saturated carbocycles. The minimum absolute atomic E-state index is 0.271. The maximum Gasteiger partial charge on any atom is 0.313 e. The van der Waals surface area contributed by atoms with E-state index in [1.54, 1.807) is 35.7 Å². The average Bonchev–Trinajstić information content (AvgIpc) is 3.45. The molecular weight excluding hydrogens is 442 g/mol. The zero-order chi connectivity index (χ0) is 21.1. The first kappa shape index (κ1) is 20.6. The molecule has 0 radical (unpaired) electrons. The number of aryl methyl sites for hydroxylation is 1. The van der Waals surface area contributed by atoms with Crippen LogP contribution < -0.4 is 14.9 Å². The minimum atomic E-state index is -3.67. The van der Waals surface area contributed by atoms with Gasteiger partial charge in [-0.25, -0.2) is 8.42 Å². The van der Waals surface area contributed by atoms with Crippen LogP contribution in [0.1, 0.15) is 17.5 Å². The lowest BCUT2D eigenvalue weighted by Gasteiger charge is -2.30. The Morgan fingerprint density at radius 2 is 1.97 bits per heavy atom. The van der Waals surface area contributed by atoms with Gasteiger partial charge in [0, 0.05) is 18.8 Å². The number of carbonyl (C=O) groups excluding carboxylic acids is 2. The summed E-state index contributed by atoms with van der Waals surface area (Å²) in [6.45, 7) is 0.637. The molecule has 3 heterocycles. The van der Waals surface area contributed by atoms with Gasteiger partial charge in [-0.2, -0.15) is 11.3 Å². The molecule has 10 heteroatoms. The fourth-order valence-corrected chi connectivity index (χ4v) is 6.54. The second-order valence-electron chi connectivity index (χ2n) is 6.72. The molecule has 0 spiro atoms. The normalized spacial score (nSPS) is 13.5. The Kier molecular flexibility index (Phi) is 5.89. The van der Waals surface area contributed by atoms with Gasteiger partial charge in [-0.15, -0.1) is 11.3 Å². The Balaban J connectivity index is 1.51. The third kappa shape index (κ3) is 4.25. The highest BCUT2D eigenvalue weighted by molar-refractivity contribution is 7.94. The predicted octanol–water partition coefficient (Wildman–Crippen LogP) is 3.21. The van der Waals surface area contributed by atoms with Gasteiger partial charge in [0.15, 0.2) is 0 Å². The van der Waals surface area contributed by atoms with Crippen molar-refractivity contribution in [3.8, 4) is 0 Å². The molecule has 156 valence electrons. The largest absolute Gasteiger partial charge is 0.344 e. The van der Waals surface area contributed by atoms with E-state index in [9.17, 15) is 18.0 Å². The van der Waals surface area contributed by atoms with Crippen LogP contribution in [0.15, 0.2) is 56.7 Å². The lowest BCUT2D eigenvalue weighted by molar-refractivity contribution is -0.136. The van der Waals surface area contributed by atoms with Crippen LogP contribution in [0.3, 0.4) is 0 Å². The summed E-state index contributed by atoms with van der Waals surface area (Å²) in [4.78, 5) is 24.3. The van der Waals surface area contributed by atoms with E-state index in [1.807, 2.05) is 16.8 Å². The van der Waals surface area contributed by atoms with Crippen LogP contribution >= 0.6 is 22.7 Å². The van der Waals surface area contributed by atoms with Crippen molar-refractivity contribution in [3.05, 3.63) is 63.7 Å². The summed E-state index contributed by atoms with van der Waals surface area (Å²) in [6, 6.07) is 10.2. The first-order valence-electron chi connectivity index (χ1n) is 9.24. The molecule has 0 unspecified atom stereocenters. The van der Waals surface area contributed by atoms with E-state index in [1.165, 1.54) is 27.0 Å². The van der Waals surface area contributed by atoms with Crippen LogP contribution in [-0.4, -0.2) is 26.8 Å². The van der Waals surface area contributed by atoms with E-state index in [0.717, 1.165) is 17.5 Å². The zero-order valence-electron chi connectivity index (χ0n) is 15.8. The Labute approximate surface area is 182 Å². The molecule has 0 aliphatic carbocycles. The highest BCUT2D eigenvalue weighted by Crippen LogP contribution is 2.35. The molecule has 0 atom stereocenters. The molecule has 0 fully saturated rings. The van der Waals surface area contributed by atoms with E-state index >= 15 is 0 Å². The predicted molar refractivity (Wildman–Crippen MR) is 118 cm³/mol. The highest BCUT2D eigenvalue weighted by atomic mass is 32.2. The summed E-state index contributed by atoms with van der Waals surface area (Å²) in [6.07, 6.45) is 1.47. The molecule has 2 amide bonds. The van der Waals surface area contributed by atoms with E-state index in [0.29, 0.717) is 24.3 Å². The van der Waals surface area contributed by atoms with Gasteiger partial charge in [-0.1, -0.05) is 12.1 Å². The summed E-state index contributed by atoms with van der Waals surface area (Å²) >= 11 is 2.68. The summed E-state index contributed by atoms with van der Waals surface area (Å²) in [5, 5.41) is 10.6. The molecule has 1 aliphatic heterocycles. The molecule has 3 aromatic rings. The molecule has 1 aromatic carbocycles. The zero-order valence-corrected chi connectivity index (χ0v) is 18.3. The number of hydrogen-bond acceptors (Lipinski definition) is 6. The Morgan fingerprint density at radius 3 is 2.70 bits per heavy atom. The van der Waals surface area contributed by atoms with Gasteiger partial charge in [-0.05, 0) is 64.4 Å². The number of rotatable bonds is 5. The molecular formula is C20H19N3O4S3. The number of nitrogens with one attached hydrogen (secondary N) is 2. The number of carbonyl (C=O) groups is 2. The molecule has 30 heavy (non-hydrogen) atoms. The Bertz CT molecular complexity index is 1160. The second-order valence-corrected chi connectivity index (χ2v) is 10.5. The summed E-state index contributed by atoms with van der Waals surface area (Å²) in [5.41, 5.74) is 2.72. The van der Waals surface area contributed by atoms with Crippen molar-refractivity contribution in [2.75, 3.05) is 16.2 Å². The SMILES string of the molecule is O=C(NCc1ccsc1)C(=O)Nc1ccc2c(c1)N(S(=O)(=O)c1cccs1)CCC2. The number of hydrogen-bond donors (Lipinski definition) is 2. The molecule has 2 aromatic heterocycles. The van der Waals surface area contributed by atoms with Gasteiger partial charge in [0.2, 0.25) is 0 Å². The number of sulfonamides is 1. The standard InChI is InChI=1S/C20H19N3O4S3/c24-19(21-12-14-7-10-28-13-14)20(25)22-16-6-5-15-3-1-8-23(17(15)11-16)30(26,27)18-4-2-9-29-18/h2,4-7,9-11,13H,1,3,8,12H2,(H,21,24)(H,22,25). The summed E-state index contributed by atoms with van der Waals surface area (Å²) in [5.74, 6) is -1.55. The lowest BCUT2D eigenvalue weighted by atomic mass is 10.0. The lowest BCUT2D eigenvalue weighted by Crippen LogP contribution is -2.36. The first-order chi connectivity index (χ1) is 14.4. The van der Waals surface area contributed by atoms with Crippen molar-refractivity contribution in [2.45, 2.75) is 23.6 Å². The molecule has 4 rings (SSSR count). The molecule has 7 nitrogen and oxygen atoms in total. The average molecular weight is 462 g/mol. The van der Waals surface area contributed by atoms with Crippen LogP contribution in [0.2, 0.25) is 0 Å². The molecule has 1 aliphatic rings. The van der Waals surface area contributed by atoms with Crippen molar-refractivity contribution >= 4 is 55.9 Å². The van der Waals surface area contributed by atoms with Crippen LogP contribution in [0, 0.1) is 0 Å². The van der Waals surface area contributed by atoms with E-state index in [-0.39, 0.29) is 10.8 Å². The third-order valence-electron chi connectivity index (χ3n) is 4.70. The van der Waals surface area contributed by atoms with Gasteiger partial charge < -0.3 is 10.6 Å². The molecule has 0 bridgehead atoms. The summed E-state index contributed by atoms with van der Waals surface area (Å²) < 4.78 is 27.7. The van der Waals surface area contributed by atoms with Crippen molar-refractivity contribution in [1.29, 1.82) is 0 Å². The van der Waals surface area contributed by atoms with Crippen molar-refractivity contribution < 1.29 is 18.0 Å². The van der Waals surface area contributed by atoms with Crippen molar-refractivity contribution in [2.24, 2.45) is 0 Å². The molecule has 0 saturated heterocycles. The Hall–Kier alpha value is -2.69. The monoisotopic (exact) mass is 461 g/mol. The quantitative estimate of drug-likeness (QED) is 0.571. The van der Waals surface area contributed by atoms with Gasteiger partial charge >= 0.3 is 11.8 Å². The van der Waals surface area contributed by atoms with E-state index in [4.69, 9.17) is 0 Å². The Morgan fingerprint density at radius 1 is 1.10 bits per heavy atom. The van der Waals surface area contributed by atoms with Gasteiger partial charge in [0.1, 0.15) is 4.21 Å². The maximum absolute atomic E-state index is 13.0. The van der Waals surface area contributed by atoms with Gasteiger partial charge in [0.05, 0.1) is 5.69 Å². The second kappa shape index (κ2) is 8.58. The topological polar surface area (TPSA) is 95.6 Å². The number of benzene rings is 1. The highest BCUT2D eigenvalue weighted by Gasteiger charge is 2.30. The number of amides is 2. The molecule has 2 N–H and O–H groups in total. The van der Waals surface area contributed by atoms with Crippen LogP contribution in [0.25, 0.3) is 0 Å². The van der Waals surface area contributed by atoms with Crippen LogP contribution in [0.5, 0.6) is 0 Å². The number of nitrogens with zero attached hydrogens (tertiary/aromatic N) is 1. The first-order valence-corrected chi connectivity index (χ1v) is 12.5. The van der Waals surface area contributed by atoms with Crippen molar-refractivity contribution in [1.82, 2.24) is 5.32 Å². The van der Waals surface area contributed by atoms with Gasteiger partial charge in [0.25, 0.3) is 10.0 Å². The van der Waals surface area contributed by atoms with E-state index in [2.05, 4.69) is 10.6 Å². The smallest absolute Gasteiger partial charge is 0.313 e. The number of anilines is 2. The minimum Gasteiger partial charge on any atom is -0.344 e. The van der Waals surface area contributed by atoms with Crippen LogP contribution in [0.4, 0.5) is 11.4 Å². The maximum atomic E-state index is 13.0.